The highest BCUT2D eigenvalue weighted by Crippen LogP contribution is 2.20. The molecule has 1 fully saturated rings. The van der Waals surface area contributed by atoms with Crippen LogP contribution in [0.4, 0.5) is 4.79 Å². The second kappa shape index (κ2) is 6.04. The highest BCUT2D eigenvalue weighted by molar-refractivity contribution is 5.75. The SMILES string of the molecule is CC(C)(NC(=O)NC1CCCCC1)c1cccnc1. The van der Waals surface area contributed by atoms with E-state index in [4.69, 9.17) is 0 Å². The fourth-order valence-electron chi connectivity index (χ4n) is 2.56. The topological polar surface area (TPSA) is 54.0 Å². The standard InChI is InChI=1S/C15H23N3O/c1-15(2,12-7-6-10-16-11-12)18-14(19)17-13-8-4-3-5-9-13/h6-7,10-11,13H,3-5,8-9H2,1-2H3,(H2,17,18,19). The minimum absolute atomic E-state index is 0.0826. The van der Waals surface area contributed by atoms with E-state index in [9.17, 15) is 4.79 Å². The average molecular weight is 261 g/mol. The largest absolute Gasteiger partial charge is 0.335 e. The van der Waals surface area contributed by atoms with Gasteiger partial charge in [-0.3, -0.25) is 4.98 Å². The summed E-state index contributed by atoms with van der Waals surface area (Å²) >= 11 is 0. The molecule has 1 aliphatic carbocycles. The first-order chi connectivity index (χ1) is 9.08. The van der Waals surface area contributed by atoms with E-state index in [0.29, 0.717) is 6.04 Å². The Hall–Kier alpha value is -1.58. The Balaban J connectivity index is 1.90. The van der Waals surface area contributed by atoms with Crippen molar-refractivity contribution in [1.82, 2.24) is 15.6 Å². The molecule has 2 rings (SSSR count). The zero-order chi connectivity index (χ0) is 13.7. The molecule has 0 radical (unpaired) electrons. The van der Waals surface area contributed by atoms with Crippen molar-refractivity contribution in [2.24, 2.45) is 0 Å². The van der Waals surface area contributed by atoms with Crippen molar-refractivity contribution < 1.29 is 4.79 Å². The predicted molar refractivity (Wildman–Crippen MR) is 75.8 cm³/mol. The number of carbonyl (C=O) groups is 1. The lowest BCUT2D eigenvalue weighted by molar-refractivity contribution is 0.222. The van der Waals surface area contributed by atoms with Gasteiger partial charge in [-0.15, -0.1) is 0 Å². The summed E-state index contributed by atoms with van der Waals surface area (Å²) in [5.41, 5.74) is 0.598. The summed E-state index contributed by atoms with van der Waals surface area (Å²) in [6.07, 6.45) is 9.46. The first kappa shape index (κ1) is 13.8. The maximum atomic E-state index is 12.1. The lowest BCUT2D eigenvalue weighted by Crippen LogP contribution is -2.49. The molecule has 0 spiro atoms. The van der Waals surface area contributed by atoms with Crippen molar-refractivity contribution in [1.29, 1.82) is 0 Å². The van der Waals surface area contributed by atoms with Gasteiger partial charge in [0.2, 0.25) is 0 Å². The van der Waals surface area contributed by atoms with Crippen molar-refractivity contribution in [2.75, 3.05) is 0 Å². The molecule has 104 valence electrons. The van der Waals surface area contributed by atoms with Gasteiger partial charge in [0, 0.05) is 18.4 Å². The van der Waals surface area contributed by atoms with E-state index in [1.807, 2.05) is 26.0 Å². The Morgan fingerprint density at radius 1 is 1.32 bits per heavy atom. The molecule has 19 heavy (non-hydrogen) atoms. The van der Waals surface area contributed by atoms with Crippen molar-refractivity contribution in [2.45, 2.75) is 57.5 Å². The number of nitrogens with zero attached hydrogens (tertiary/aromatic N) is 1. The van der Waals surface area contributed by atoms with E-state index < -0.39 is 5.54 Å². The zero-order valence-corrected chi connectivity index (χ0v) is 11.8. The Morgan fingerprint density at radius 2 is 2.05 bits per heavy atom. The van der Waals surface area contributed by atoms with Crippen LogP contribution in [0, 0.1) is 0 Å². The van der Waals surface area contributed by atoms with Crippen LogP contribution in [0.25, 0.3) is 0 Å². The quantitative estimate of drug-likeness (QED) is 0.879. The number of hydrogen-bond donors (Lipinski definition) is 2. The molecule has 1 saturated carbocycles. The minimum Gasteiger partial charge on any atom is -0.335 e. The maximum Gasteiger partial charge on any atom is 0.315 e. The number of urea groups is 1. The van der Waals surface area contributed by atoms with Gasteiger partial charge in [-0.25, -0.2) is 4.79 Å². The van der Waals surface area contributed by atoms with Gasteiger partial charge in [0.15, 0.2) is 0 Å². The predicted octanol–water partition coefficient (Wildman–Crippen LogP) is 2.95. The normalized spacial score (nSPS) is 16.9. The number of nitrogens with one attached hydrogen (secondary N) is 2. The Bertz CT molecular complexity index is 411. The summed E-state index contributed by atoms with van der Waals surface area (Å²) in [5, 5.41) is 6.10. The molecular weight excluding hydrogens is 238 g/mol. The van der Waals surface area contributed by atoms with E-state index in [-0.39, 0.29) is 6.03 Å². The Morgan fingerprint density at radius 3 is 2.68 bits per heavy atom. The van der Waals surface area contributed by atoms with E-state index in [1.165, 1.54) is 19.3 Å². The zero-order valence-electron chi connectivity index (χ0n) is 11.8. The van der Waals surface area contributed by atoms with Crippen molar-refractivity contribution in [3.8, 4) is 0 Å². The number of hydrogen-bond acceptors (Lipinski definition) is 2. The van der Waals surface area contributed by atoms with Gasteiger partial charge in [-0.2, -0.15) is 0 Å². The molecule has 0 bridgehead atoms. The third-order valence-electron chi connectivity index (χ3n) is 3.75. The molecule has 2 amide bonds. The van der Waals surface area contributed by atoms with Gasteiger partial charge in [0.05, 0.1) is 5.54 Å². The second-order valence-corrected chi connectivity index (χ2v) is 5.80. The molecule has 0 atom stereocenters. The van der Waals surface area contributed by atoms with Gasteiger partial charge in [-0.1, -0.05) is 25.3 Å². The number of carbonyl (C=O) groups excluding carboxylic acids is 1. The molecule has 1 aromatic heterocycles. The monoisotopic (exact) mass is 261 g/mol. The number of rotatable bonds is 3. The molecule has 2 N–H and O–H groups in total. The third kappa shape index (κ3) is 3.94. The summed E-state index contributed by atoms with van der Waals surface area (Å²) in [6.45, 7) is 3.98. The lowest BCUT2D eigenvalue weighted by Gasteiger charge is -2.29. The minimum atomic E-state index is -0.410. The van der Waals surface area contributed by atoms with Crippen LogP contribution in [0.15, 0.2) is 24.5 Å². The van der Waals surface area contributed by atoms with Gasteiger partial charge >= 0.3 is 6.03 Å². The molecule has 0 saturated heterocycles. The smallest absolute Gasteiger partial charge is 0.315 e. The fraction of sp³-hybridized carbons (Fsp3) is 0.600. The average Bonchev–Trinajstić information content (AvgIpc) is 2.40. The molecule has 4 heteroatoms. The lowest BCUT2D eigenvalue weighted by atomic mass is 9.95. The molecule has 0 unspecified atom stereocenters. The van der Waals surface area contributed by atoms with Crippen LogP contribution < -0.4 is 10.6 Å². The van der Waals surface area contributed by atoms with Crippen molar-refractivity contribution >= 4 is 6.03 Å². The van der Waals surface area contributed by atoms with Gasteiger partial charge in [0.1, 0.15) is 0 Å². The second-order valence-electron chi connectivity index (χ2n) is 5.80. The molecule has 1 aromatic rings. The Kier molecular flexibility index (Phi) is 4.40. The van der Waals surface area contributed by atoms with Crippen LogP contribution >= 0.6 is 0 Å². The van der Waals surface area contributed by atoms with E-state index in [2.05, 4.69) is 15.6 Å². The fourth-order valence-corrected chi connectivity index (χ4v) is 2.56. The summed E-state index contributed by atoms with van der Waals surface area (Å²) < 4.78 is 0. The van der Waals surface area contributed by atoms with Gasteiger partial charge in [0.25, 0.3) is 0 Å². The van der Waals surface area contributed by atoms with Crippen LogP contribution in [0.3, 0.4) is 0 Å². The molecule has 0 aliphatic heterocycles. The van der Waals surface area contributed by atoms with Crippen LogP contribution in [0.1, 0.15) is 51.5 Å². The maximum absolute atomic E-state index is 12.1. The van der Waals surface area contributed by atoms with E-state index >= 15 is 0 Å². The summed E-state index contributed by atoms with van der Waals surface area (Å²) in [6, 6.07) is 4.12. The van der Waals surface area contributed by atoms with Gasteiger partial charge < -0.3 is 10.6 Å². The highest BCUT2D eigenvalue weighted by Gasteiger charge is 2.24. The first-order valence-corrected chi connectivity index (χ1v) is 7.07. The third-order valence-corrected chi connectivity index (χ3v) is 3.75. The van der Waals surface area contributed by atoms with Crippen molar-refractivity contribution in [3.63, 3.8) is 0 Å². The van der Waals surface area contributed by atoms with E-state index in [0.717, 1.165) is 18.4 Å². The number of aromatic nitrogens is 1. The molecule has 4 nitrogen and oxygen atoms in total. The number of pyridine rings is 1. The summed E-state index contributed by atoms with van der Waals surface area (Å²) in [5.74, 6) is 0. The van der Waals surface area contributed by atoms with Crippen molar-refractivity contribution in [3.05, 3.63) is 30.1 Å². The first-order valence-electron chi connectivity index (χ1n) is 7.07. The summed E-state index contributed by atoms with van der Waals surface area (Å²) in [4.78, 5) is 16.2. The Labute approximate surface area is 115 Å². The van der Waals surface area contributed by atoms with Gasteiger partial charge in [-0.05, 0) is 38.3 Å². The summed E-state index contributed by atoms with van der Waals surface area (Å²) in [7, 11) is 0. The number of amides is 2. The molecule has 1 heterocycles. The van der Waals surface area contributed by atoms with Crippen LogP contribution in [-0.2, 0) is 5.54 Å². The molecular formula is C15H23N3O. The van der Waals surface area contributed by atoms with Crippen LogP contribution in [-0.4, -0.2) is 17.1 Å². The molecule has 1 aliphatic rings. The highest BCUT2D eigenvalue weighted by atomic mass is 16.2. The van der Waals surface area contributed by atoms with Crippen LogP contribution in [0.5, 0.6) is 0 Å². The van der Waals surface area contributed by atoms with Crippen LogP contribution in [0.2, 0.25) is 0 Å². The molecule has 0 aromatic carbocycles. The van der Waals surface area contributed by atoms with E-state index in [1.54, 1.807) is 12.4 Å².